The second-order valence-corrected chi connectivity index (χ2v) is 8.19. The quantitative estimate of drug-likeness (QED) is 0.574. The van der Waals surface area contributed by atoms with Crippen LogP contribution in [0.3, 0.4) is 0 Å². The number of aryl methyl sites for hydroxylation is 1. The van der Waals surface area contributed by atoms with Crippen molar-refractivity contribution in [3.05, 3.63) is 101 Å². The lowest BCUT2D eigenvalue weighted by Gasteiger charge is -2.17. The fourth-order valence-electron chi connectivity index (χ4n) is 3.06. The summed E-state index contributed by atoms with van der Waals surface area (Å²) in [4.78, 5) is 15.7. The number of rotatable bonds is 4. The first-order valence-corrected chi connectivity index (χ1v) is 10.2. The van der Waals surface area contributed by atoms with Gasteiger partial charge in [0, 0.05) is 10.9 Å². The summed E-state index contributed by atoms with van der Waals surface area (Å²) in [6.45, 7) is 1.88. The Bertz CT molecular complexity index is 1310. The van der Waals surface area contributed by atoms with Gasteiger partial charge in [0.2, 0.25) is 0 Å². The maximum Gasteiger partial charge on any atom is 0.278 e. The molecule has 0 atom stereocenters. The van der Waals surface area contributed by atoms with Gasteiger partial charge in [-0.2, -0.15) is 8.42 Å². The van der Waals surface area contributed by atoms with E-state index in [1.54, 1.807) is 24.3 Å². The highest BCUT2D eigenvalue weighted by molar-refractivity contribution is 7.92. The number of hydrogen-bond acceptors (Lipinski definition) is 3. The summed E-state index contributed by atoms with van der Waals surface area (Å²) in [5, 5.41) is 1.19. The molecule has 1 aromatic heterocycles. The van der Waals surface area contributed by atoms with Crippen LogP contribution in [0.25, 0.3) is 22.0 Å². The molecule has 4 rings (SSSR count). The number of benzene rings is 3. The van der Waals surface area contributed by atoms with Crippen molar-refractivity contribution in [1.29, 1.82) is 0 Å². The SMILES string of the molecule is Cc1ccc(S(=O)(=O)Nn2c(-c3ccccc3)cc3ccccc3c2=O)cc1. The van der Waals surface area contributed by atoms with Gasteiger partial charge in [-0.15, -0.1) is 0 Å². The molecule has 0 aliphatic rings. The number of fused-ring (bicyclic) bond motifs is 1. The van der Waals surface area contributed by atoms with Gasteiger partial charge in [-0.1, -0.05) is 66.2 Å². The molecule has 1 N–H and O–H groups in total. The molecule has 5 nitrogen and oxygen atoms in total. The van der Waals surface area contributed by atoms with Crippen LogP contribution in [0.2, 0.25) is 0 Å². The summed E-state index contributed by atoms with van der Waals surface area (Å²) >= 11 is 0. The lowest BCUT2D eigenvalue weighted by molar-refractivity contribution is 0.595. The predicted octanol–water partition coefficient (Wildman–Crippen LogP) is 3.91. The zero-order valence-corrected chi connectivity index (χ0v) is 16.0. The molecule has 140 valence electrons. The van der Waals surface area contributed by atoms with Crippen LogP contribution in [-0.2, 0) is 10.0 Å². The van der Waals surface area contributed by atoms with Crippen LogP contribution in [-0.4, -0.2) is 13.1 Å². The highest BCUT2D eigenvalue weighted by Gasteiger charge is 2.18. The fourth-order valence-corrected chi connectivity index (χ4v) is 4.08. The van der Waals surface area contributed by atoms with E-state index in [-0.39, 0.29) is 4.90 Å². The van der Waals surface area contributed by atoms with Crippen LogP contribution < -0.4 is 10.4 Å². The third kappa shape index (κ3) is 3.30. The van der Waals surface area contributed by atoms with E-state index in [4.69, 9.17) is 0 Å². The fraction of sp³-hybridized carbons (Fsp3) is 0.0455. The Balaban J connectivity index is 1.93. The van der Waals surface area contributed by atoms with E-state index in [1.807, 2.05) is 55.5 Å². The lowest BCUT2D eigenvalue weighted by Crippen LogP contribution is -2.34. The third-order valence-electron chi connectivity index (χ3n) is 4.54. The molecule has 0 unspecified atom stereocenters. The van der Waals surface area contributed by atoms with Gasteiger partial charge in [0.1, 0.15) is 0 Å². The van der Waals surface area contributed by atoms with Crippen LogP contribution >= 0.6 is 0 Å². The molecule has 1 heterocycles. The summed E-state index contributed by atoms with van der Waals surface area (Å²) in [7, 11) is -3.94. The van der Waals surface area contributed by atoms with Crippen LogP contribution in [0.1, 0.15) is 5.56 Å². The number of pyridine rings is 1. The van der Waals surface area contributed by atoms with Crippen LogP contribution in [0.15, 0.2) is 94.6 Å². The first-order valence-electron chi connectivity index (χ1n) is 8.75. The maximum atomic E-state index is 13.1. The zero-order valence-electron chi connectivity index (χ0n) is 15.2. The predicted molar refractivity (Wildman–Crippen MR) is 111 cm³/mol. The van der Waals surface area contributed by atoms with Gasteiger partial charge in [0.15, 0.2) is 0 Å². The van der Waals surface area contributed by atoms with Gasteiger partial charge in [-0.25, -0.2) is 9.51 Å². The number of aromatic nitrogens is 1. The molecule has 0 radical (unpaired) electrons. The van der Waals surface area contributed by atoms with E-state index in [0.29, 0.717) is 11.1 Å². The monoisotopic (exact) mass is 390 g/mol. The average molecular weight is 390 g/mol. The van der Waals surface area contributed by atoms with E-state index in [1.165, 1.54) is 12.1 Å². The van der Waals surface area contributed by atoms with Gasteiger partial charge in [-0.3, -0.25) is 4.79 Å². The summed E-state index contributed by atoms with van der Waals surface area (Å²) in [5.41, 5.74) is 1.73. The summed E-state index contributed by atoms with van der Waals surface area (Å²) in [6, 6.07) is 24.6. The largest absolute Gasteiger partial charge is 0.278 e. The van der Waals surface area contributed by atoms with E-state index >= 15 is 0 Å². The molecular formula is C22H18N2O3S. The van der Waals surface area contributed by atoms with Crippen molar-refractivity contribution in [3.63, 3.8) is 0 Å². The van der Waals surface area contributed by atoms with Crippen LogP contribution in [0, 0.1) is 6.92 Å². The first-order chi connectivity index (χ1) is 13.5. The summed E-state index contributed by atoms with van der Waals surface area (Å²) in [5.74, 6) is 0. The second kappa shape index (κ2) is 6.98. The minimum Gasteiger partial charge on any atom is -0.267 e. The van der Waals surface area contributed by atoms with Crippen molar-refractivity contribution in [2.24, 2.45) is 0 Å². The molecule has 6 heteroatoms. The molecule has 0 aliphatic heterocycles. The van der Waals surface area contributed by atoms with Crippen molar-refractivity contribution < 1.29 is 8.42 Å². The number of nitrogens with zero attached hydrogens (tertiary/aromatic N) is 1. The molecule has 4 aromatic rings. The van der Waals surface area contributed by atoms with E-state index in [2.05, 4.69) is 4.83 Å². The van der Waals surface area contributed by atoms with Gasteiger partial charge in [0.05, 0.1) is 10.6 Å². The molecule has 0 fully saturated rings. The van der Waals surface area contributed by atoms with E-state index in [9.17, 15) is 13.2 Å². The Kier molecular flexibility index (Phi) is 4.49. The highest BCUT2D eigenvalue weighted by Crippen LogP contribution is 2.22. The molecule has 28 heavy (non-hydrogen) atoms. The summed E-state index contributed by atoms with van der Waals surface area (Å²) < 4.78 is 26.9. The standard InChI is InChI=1S/C22H18N2O3S/c1-16-11-13-19(14-12-16)28(26,27)23-24-21(17-7-3-2-4-8-17)15-18-9-5-6-10-20(18)22(24)25/h2-15,23H,1H3. The lowest BCUT2D eigenvalue weighted by atomic mass is 10.1. The van der Waals surface area contributed by atoms with E-state index < -0.39 is 15.6 Å². The molecule has 0 saturated carbocycles. The normalized spacial score (nSPS) is 11.5. The number of sulfonamides is 1. The van der Waals surface area contributed by atoms with Crippen LogP contribution in [0.4, 0.5) is 0 Å². The summed E-state index contributed by atoms with van der Waals surface area (Å²) in [6.07, 6.45) is 0. The minimum absolute atomic E-state index is 0.0946. The van der Waals surface area contributed by atoms with Gasteiger partial charge >= 0.3 is 0 Å². The average Bonchev–Trinajstić information content (AvgIpc) is 2.71. The Labute approximate surface area is 162 Å². The highest BCUT2D eigenvalue weighted by atomic mass is 32.2. The smallest absolute Gasteiger partial charge is 0.267 e. The van der Waals surface area contributed by atoms with Crippen LogP contribution in [0.5, 0.6) is 0 Å². The Hall–Kier alpha value is -3.38. The van der Waals surface area contributed by atoms with Gasteiger partial charge in [0.25, 0.3) is 15.6 Å². The number of hydrogen-bond donors (Lipinski definition) is 1. The Morgan fingerprint density at radius 1 is 0.821 bits per heavy atom. The molecule has 0 spiro atoms. The molecule has 0 bridgehead atoms. The minimum atomic E-state index is -3.94. The topological polar surface area (TPSA) is 68.2 Å². The number of nitrogens with one attached hydrogen (secondary N) is 1. The van der Waals surface area contributed by atoms with E-state index in [0.717, 1.165) is 21.2 Å². The van der Waals surface area contributed by atoms with Gasteiger partial charge in [-0.05, 0) is 36.6 Å². The van der Waals surface area contributed by atoms with Crippen molar-refractivity contribution >= 4 is 20.8 Å². The molecule has 0 aliphatic carbocycles. The zero-order chi connectivity index (χ0) is 19.7. The van der Waals surface area contributed by atoms with Crippen molar-refractivity contribution in [1.82, 2.24) is 4.68 Å². The molecule has 3 aromatic carbocycles. The second-order valence-electron chi connectivity index (χ2n) is 6.53. The van der Waals surface area contributed by atoms with Gasteiger partial charge < -0.3 is 0 Å². The van der Waals surface area contributed by atoms with Crippen molar-refractivity contribution in [3.8, 4) is 11.3 Å². The van der Waals surface area contributed by atoms with Crippen molar-refractivity contribution in [2.75, 3.05) is 4.83 Å². The first kappa shape index (κ1) is 18.0. The molecular weight excluding hydrogens is 372 g/mol. The Morgan fingerprint density at radius 3 is 2.18 bits per heavy atom. The maximum absolute atomic E-state index is 13.1. The van der Waals surface area contributed by atoms with Crippen molar-refractivity contribution in [2.45, 2.75) is 11.8 Å². The Morgan fingerprint density at radius 2 is 1.46 bits per heavy atom. The molecule has 0 amide bonds. The third-order valence-corrected chi connectivity index (χ3v) is 5.86. The molecule has 0 saturated heterocycles.